The minimum absolute atomic E-state index is 0.0211. The number of amides is 1. The first-order chi connectivity index (χ1) is 9.74. The van der Waals surface area contributed by atoms with Crippen molar-refractivity contribution in [2.24, 2.45) is 0 Å². The number of para-hydroxylation sites is 1. The fraction of sp³-hybridized carbons (Fsp3) is 0.333. The maximum absolute atomic E-state index is 12.4. The SMILES string of the molecule is CN1CCN(C(=O)c2cn(-c3ccccc3)cn2)CC1. The number of nitrogens with zero attached hydrogens (tertiary/aromatic N) is 4. The van der Waals surface area contributed by atoms with Crippen LogP contribution in [-0.4, -0.2) is 58.5 Å². The van der Waals surface area contributed by atoms with Crippen molar-refractivity contribution in [3.05, 3.63) is 48.5 Å². The fourth-order valence-corrected chi connectivity index (χ4v) is 2.35. The van der Waals surface area contributed by atoms with E-state index in [0.717, 1.165) is 31.9 Å². The highest BCUT2D eigenvalue weighted by Crippen LogP contribution is 2.10. The monoisotopic (exact) mass is 270 g/mol. The Morgan fingerprint density at radius 2 is 1.80 bits per heavy atom. The van der Waals surface area contributed by atoms with Gasteiger partial charge < -0.3 is 14.4 Å². The lowest BCUT2D eigenvalue weighted by Gasteiger charge is -2.31. The molecule has 5 nitrogen and oxygen atoms in total. The lowest BCUT2D eigenvalue weighted by atomic mass is 10.3. The van der Waals surface area contributed by atoms with Gasteiger partial charge in [-0.25, -0.2) is 4.98 Å². The number of carbonyl (C=O) groups is 1. The van der Waals surface area contributed by atoms with Gasteiger partial charge in [-0.15, -0.1) is 0 Å². The van der Waals surface area contributed by atoms with E-state index < -0.39 is 0 Å². The molecular weight excluding hydrogens is 252 g/mol. The molecule has 1 fully saturated rings. The zero-order chi connectivity index (χ0) is 13.9. The molecule has 1 aliphatic heterocycles. The second-order valence-electron chi connectivity index (χ2n) is 5.10. The van der Waals surface area contributed by atoms with Gasteiger partial charge in [0.25, 0.3) is 5.91 Å². The third kappa shape index (κ3) is 2.58. The third-order valence-corrected chi connectivity index (χ3v) is 3.65. The van der Waals surface area contributed by atoms with E-state index in [1.807, 2.05) is 39.8 Å². The van der Waals surface area contributed by atoms with Gasteiger partial charge in [-0.2, -0.15) is 0 Å². The van der Waals surface area contributed by atoms with Crippen molar-refractivity contribution >= 4 is 5.91 Å². The summed E-state index contributed by atoms with van der Waals surface area (Å²) in [5.41, 5.74) is 1.52. The summed E-state index contributed by atoms with van der Waals surface area (Å²) in [4.78, 5) is 20.7. The number of rotatable bonds is 2. The van der Waals surface area contributed by atoms with Crippen LogP contribution in [0, 0.1) is 0 Å². The Hall–Kier alpha value is -2.14. The summed E-state index contributed by atoms with van der Waals surface area (Å²) in [6, 6.07) is 9.89. The van der Waals surface area contributed by atoms with E-state index in [-0.39, 0.29) is 5.91 Å². The number of hydrogen-bond acceptors (Lipinski definition) is 3. The molecule has 1 amide bonds. The highest BCUT2D eigenvalue weighted by atomic mass is 16.2. The molecule has 0 unspecified atom stereocenters. The highest BCUT2D eigenvalue weighted by Gasteiger charge is 2.22. The van der Waals surface area contributed by atoms with E-state index in [2.05, 4.69) is 16.9 Å². The van der Waals surface area contributed by atoms with Gasteiger partial charge in [-0.3, -0.25) is 4.79 Å². The Bertz CT molecular complexity index is 585. The molecule has 3 rings (SSSR count). The average Bonchev–Trinajstić information content (AvgIpc) is 2.98. The van der Waals surface area contributed by atoms with Crippen LogP contribution in [0.15, 0.2) is 42.9 Å². The van der Waals surface area contributed by atoms with E-state index in [9.17, 15) is 4.79 Å². The maximum Gasteiger partial charge on any atom is 0.274 e. The van der Waals surface area contributed by atoms with Gasteiger partial charge in [-0.05, 0) is 19.2 Å². The van der Waals surface area contributed by atoms with Crippen LogP contribution in [0.3, 0.4) is 0 Å². The van der Waals surface area contributed by atoms with Gasteiger partial charge in [0.05, 0.1) is 0 Å². The Balaban J connectivity index is 1.75. The van der Waals surface area contributed by atoms with Crippen molar-refractivity contribution < 1.29 is 4.79 Å². The molecule has 1 saturated heterocycles. The van der Waals surface area contributed by atoms with Gasteiger partial charge in [0.1, 0.15) is 12.0 Å². The molecule has 104 valence electrons. The molecule has 1 aromatic heterocycles. The van der Waals surface area contributed by atoms with Gasteiger partial charge >= 0.3 is 0 Å². The van der Waals surface area contributed by atoms with Crippen LogP contribution in [-0.2, 0) is 0 Å². The summed E-state index contributed by atoms with van der Waals surface area (Å²) >= 11 is 0. The number of benzene rings is 1. The van der Waals surface area contributed by atoms with Crippen molar-refractivity contribution in [3.8, 4) is 5.69 Å². The highest BCUT2D eigenvalue weighted by molar-refractivity contribution is 5.92. The molecular formula is C15H18N4O. The molecule has 1 aromatic carbocycles. The van der Waals surface area contributed by atoms with Gasteiger partial charge in [0, 0.05) is 38.1 Å². The van der Waals surface area contributed by atoms with Crippen LogP contribution in [0.25, 0.3) is 5.69 Å². The van der Waals surface area contributed by atoms with Crippen molar-refractivity contribution in [2.75, 3.05) is 33.2 Å². The molecule has 1 aliphatic rings. The van der Waals surface area contributed by atoms with Crippen LogP contribution in [0.1, 0.15) is 10.5 Å². The molecule has 0 N–H and O–H groups in total. The van der Waals surface area contributed by atoms with Crippen LogP contribution in [0.4, 0.5) is 0 Å². The topological polar surface area (TPSA) is 41.4 Å². The third-order valence-electron chi connectivity index (χ3n) is 3.65. The van der Waals surface area contributed by atoms with Crippen molar-refractivity contribution in [1.82, 2.24) is 19.4 Å². The van der Waals surface area contributed by atoms with Gasteiger partial charge in [0.15, 0.2) is 0 Å². The largest absolute Gasteiger partial charge is 0.335 e. The Morgan fingerprint density at radius 3 is 2.50 bits per heavy atom. The molecule has 2 aromatic rings. The zero-order valence-corrected chi connectivity index (χ0v) is 11.6. The van der Waals surface area contributed by atoms with Crippen molar-refractivity contribution in [3.63, 3.8) is 0 Å². The van der Waals surface area contributed by atoms with Crippen LogP contribution >= 0.6 is 0 Å². The van der Waals surface area contributed by atoms with E-state index in [1.165, 1.54) is 0 Å². The number of piperazine rings is 1. The number of hydrogen-bond donors (Lipinski definition) is 0. The molecule has 0 bridgehead atoms. The van der Waals surface area contributed by atoms with E-state index in [1.54, 1.807) is 12.5 Å². The normalized spacial score (nSPS) is 16.4. The molecule has 0 aliphatic carbocycles. The van der Waals surface area contributed by atoms with E-state index in [4.69, 9.17) is 0 Å². The minimum atomic E-state index is 0.0211. The number of carbonyl (C=O) groups excluding carboxylic acids is 1. The zero-order valence-electron chi connectivity index (χ0n) is 11.6. The smallest absolute Gasteiger partial charge is 0.274 e. The average molecular weight is 270 g/mol. The lowest BCUT2D eigenvalue weighted by molar-refractivity contribution is 0.0658. The summed E-state index contributed by atoms with van der Waals surface area (Å²) in [7, 11) is 2.08. The van der Waals surface area contributed by atoms with E-state index >= 15 is 0 Å². The molecule has 0 spiro atoms. The van der Waals surface area contributed by atoms with Crippen molar-refractivity contribution in [1.29, 1.82) is 0 Å². The second kappa shape index (κ2) is 5.46. The first-order valence-electron chi connectivity index (χ1n) is 6.81. The number of imidazole rings is 1. The summed E-state index contributed by atoms with van der Waals surface area (Å²) < 4.78 is 1.88. The summed E-state index contributed by atoms with van der Waals surface area (Å²) in [5, 5.41) is 0. The van der Waals surface area contributed by atoms with Crippen molar-refractivity contribution in [2.45, 2.75) is 0 Å². The van der Waals surface area contributed by atoms with Crippen LogP contribution in [0.5, 0.6) is 0 Å². The number of likely N-dealkylation sites (N-methyl/N-ethyl adjacent to an activating group) is 1. The molecule has 0 radical (unpaired) electrons. The standard InChI is InChI=1S/C15H18N4O/c1-17-7-9-18(10-8-17)15(20)14-11-19(12-16-14)13-5-3-2-4-6-13/h2-6,11-12H,7-10H2,1H3. The quantitative estimate of drug-likeness (QED) is 0.825. The number of aromatic nitrogens is 2. The maximum atomic E-state index is 12.4. The molecule has 5 heteroatoms. The molecule has 0 saturated carbocycles. The Labute approximate surface area is 118 Å². The first-order valence-corrected chi connectivity index (χ1v) is 6.81. The predicted molar refractivity (Wildman–Crippen MR) is 77.0 cm³/mol. The molecule has 20 heavy (non-hydrogen) atoms. The minimum Gasteiger partial charge on any atom is -0.335 e. The van der Waals surface area contributed by atoms with Gasteiger partial charge in [0.2, 0.25) is 0 Å². The van der Waals surface area contributed by atoms with Crippen LogP contribution < -0.4 is 0 Å². The fourth-order valence-electron chi connectivity index (χ4n) is 2.35. The Kier molecular flexibility index (Phi) is 3.52. The van der Waals surface area contributed by atoms with E-state index in [0.29, 0.717) is 5.69 Å². The molecule has 0 atom stereocenters. The summed E-state index contributed by atoms with van der Waals surface area (Å²) in [6.07, 6.45) is 3.49. The molecule has 2 heterocycles. The summed E-state index contributed by atoms with van der Waals surface area (Å²) in [6.45, 7) is 3.39. The lowest BCUT2D eigenvalue weighted by Crippen LogP contribution is -2.47. The summed E-state index contributed by atoms with van der Waals surface area (Å²) in [5.74, 6) is 0.0211. The first kappa shape index (κ1) is 12.9. The Morgan fingerprint density at radius 1 is 1.10 bits per heavy atom. The predicted octanol–water partition coefficient (Wildman–Crippen LogP) is 1.26. The van der Waals surface area contributed by atoms with Crippen LogP contribution in [0.2, 0.25) is 0 Å². The second-order valence-corrected chi connectivity index (χ2v) is 5.10. The van der Waals surface area contributed by atoms with Gasteiger partial charge in [-0.1, -0.05) is 18.2 Å².